The zero-order valence-electron chi connectivity index (χ0n) is 14.2. The highest BCUT2D eigenvalue weighted by Gasteiger charge is 2.35. The van der Waals surface area contributed by atoms with Crippen LogP contribution in [0.5, 0.6) is 0 Å². The van der Waals surface area contributed by atoms with Crippen molar-refractivity contribution in [2.75, 3.05) is 6.54 Å². The summed E-state index contributed by atoms with van der Waals surface area (Å²) in [5, 5.41) is 18.1. The summed E-state index contributed by atoms with van der Waals surface area (Å²) in [4.78, 5) is 2.21. The molecule has 1 aromatic carbocycles. The van der Waals surface area contributed by atoms with Crippen molar-refractivity contribution in [1.29, 1.82) is 0 Å². The lowest BCUT2D eigenvalue weighted by Gasteiger charge is -2.20. The Kier molecular flexibility index (Phi) is 4.38. The van der Waals surface area contributed by atoms with Crippen molar-refractivity contribution < 1.29 is 9.52 Å². The molecule has 4 rings (SSSR count). The number of rotatable bonds is 5. The molecule has 3 aromatic rings. The lowest BCUT2D eigenvalue weighted by atomic mass is 10.2. The maximum Gasteiger partial charge on any atom is 0.233 e. The third kappa shape index (κ3) is 3.65. The number of benzene rings is 1. The zero-order chi connectivity index (χ0) is 17.2. The van der Waals surface area contributed by atoms with Crippen LogP contribution in [0.2, 0.25) is 0 Å². The molecule has 1 saturated heterocycles. The Balaban J connectivity index is 1.46. The van der Waals surface area contributed by atoms with Crippen LogP contribution in [0.25, 0.3) is 0 Å². The molecular formula is C19H22N4O2. The second-order valence-electron chi connectivity index (χ2n) is 6.67. The van der Waals surface area contributed by atoms with Crippen molar-refractivity contribution in [2.45, 2.75) is 38.6 Å². The largest absolute Gasteiger partial charge is 0.424 e. The smallest absolute Gasteiger partial charge is 0.233 e. The van der Waals surface area contributed by atoms with E-state index >= 15 is 0 Å². The van der Waals surface area contributed by atoms with Crippen LogP contribution in [0.15, 0.2) is 53.2 Å². The second-order valence-corrected chi connectivity index (χ2v) is 6.67. The van der Waals surface area contributed by atoms with E-state index in [1.165, 1.54) is 11.1 Å². The quantitative estimate of drug-likeness (QED) is 0.774. The summed E-state index contributed by atoms with van der Waals surface area (Å²) in [7, 11) is 0. The third-order valence-corrected chi connectivity index (χ3v) is 4.61. The van der Waals surface area contributed by atoms with Gasteiger partial charge in [0, 0.05) is 39.0 Å². The molecule has 1 N–H and O–H groups in total. The first kappa shape index (κ1) is 16.1. The molecule has 2 aromatic heterocycles. The van der Waals surface area contributed by atoms with E-state index in [2.05, 4.69) is 62.4 Å². The van der Waals surface area contributed by atoms with Crippen LogP contribution in [-0.4, -0.2) is 37.4 Å². The second kappa shape index (κ2) is 6.82. The Morgan fingerprint density at radius 1 is 1.12 bits per heavy atom. The lowest BCUT2D eigenvalue weighted by Crippen LogP contribution is -2.24. The Labute approximate surface area is 146 Å². The van der Waals surface area contributed by atoms with Crippen molar-refractivity contribution in [3.8, 4) is 0 Å². The highest BCUT2D eigenvalue weighted by atomic mass is 16.4. The lowest BCUT2D eigenvalue weighted by molar-refractivity contribution is 0.170. The van der Waals surface area contributed by atoms with Gasteiger partial charge >= 0.3 is 0 Å². The summed E-state index contributed by atoms with van der Waals surface area (Å²) >= 11 is 0. The van der Waals surface area contributed by atoms with E-state index in [-0.39, 0.29) is 12.1 Å². The summed E-state index contributed by atoms with van der Waals surface area (Å²) in [6.45, 7) is 4.02. The molecule has 0 saturated carbocycles. The molecule has 1 fully saturated rings. The van der Waals surface area contributed by atoms with Gasteiger partial charge in [-0.1, -0.05) is 30.3 Å². The van der Waals surface area contributed by atoms with E-state index in [9.17, 15) is 5.11 Å². The first-order valence-corrected chi connectivity index (χ1v) is 8.58. The van der Waals surface area contributed by atoms with Crippen molar-refractivity contribution in [3.05, 3.63) is 71.7 Å². The predicted octanol–water partition coefficient (Wildman–Crippen LogP) is 2.54. The molecule has 130 valence electrons. The van der Waals surface area contributed by atoms with Gasteiger partial charge in [-0.3, -0.25) is 4.90 Å². The monoisotopic (exact) mass is 338 g/mol. The Bertz CT molecular complexity index is 827. The number of aliphatic hydroxyl groups excluding tert-OH is 1. The van der Waals surface area contributed by atoms with Gasteiger partial charge in [0.2, 0.25) is 11.8 Å². The molecule has 0 amide bonds. The number of likely N-dealkylation sites (tertiary alicyclic amines) is 1. The Hall–Kier alpha value is -2.44. The van der Waals surface area contributed by atoms with Crippen molar-refractivity contribution in [2.24, 2.45) is 0 Å². The van der Waals surface area contributed by atoms with Gasteiger partial charge in [0.05, 0.1) is 12.1 Å². The first-order chi connectivity index (χ1) is 12.2. The molecule has 0 unspecified atom stereocenters. The summed E-state index contributed by atoms with van der Waals surface area (Å²) in [6.07, 6.45) is 4.53. The maximum absolute atomic E-state index is 10.1. The Morgan fingerprint density at radius 3 is 2.72 bits per heavy atom. The van der Waals surface area contributed by atoms with Crippen LogP contribution >= 0.6 is 0 Å². The van der Waals surface area contributed by atoms with E-state index in [4.69, 9.17) is 4.42 Å². The topological polar surface area (TPSA) is 67.3 Å². The van der Waals surface area contributed by atoms with Gasteiger partial charge in [0.15, 0.2) is 0 Å². The van der Waals surface area contributed by atoms with Gasteiger partial charge in [-0.15, -0.1) is 10.2 Å². The average molecular weight is 338 g/mol. The number of hydrogen-bond donors (Lipinski definition) is 1. The zero-order valence-corrected chi connectivity index (χ0v) is 14.2. The minimum Gasteiger partial charge on any atom is -0.424 e. The van der Waals surface area contributed by atoms with Gasteiger partial charge in [0.1, 0.15) is 0 Å². The van der Waals surface area contributed by atoms with Crippen molar-refractivity contribution >= 4 is 0 Å². The van der Waals surface area contributed by atoms with Crippen LogP contribution in [0, 0.1) is 6.92 Å². The molecule has 1 aliphatic heterocycles. The van der Waals surface area contributed by atoms with E-state index in [1.807, 2.05) is 6.07 Å². The molecule has 1 aliphatic rings. The molecule has 0 aliphatic carbocycles. The summed E-state index contributed by atoms with van der Waals surface area (Å²) in [5.74, 6) is 1.16. The summed E-state index contributed by atoms with van der Waals surface area (Å²) in [6, 6.07) is 12.5. The van der Waals surface area contributed by atoms with Crippen LogP contribution < -0.4 is 0 Å². The van der Waals surface area contributed by atoms with Crippen LogP contribution in [0.1, 0.15) is 35.4 Å². The first-order valence-electron chi connectivity index (χ1n) is 8.58. The van der Waals surface area contributed by atoms with Gasteiger partial charge < -0.3 is 14.1 Å². The van der Waals surface area contributed by atoms with Gasteiger partial charge in [-0.2, -0.15) is 0 Å². The van der Waals surface area contributed by atoms with E-state index in [0.717, 1.165) is 13.1 Å². The fourth-order valence-corrected chi connectivity index (χ4v) is 3.47. The average Bonchev–Trinajstić information content (AvgIpc) is 3.30. The number of aryl methyl sites for hydroxylation is 1. The number of hydrogen-bond acceptors (Lipinski definition) is 5. The molecule has 0 radical (unpaired) electrons. The number of nitrogens with zero attached hydrogens (tertiary/aromatic N) is 4. The highest BCUT2D eigenvalue weighted by Crippen LogP contribution is 2.32. The minimum atomic E-state index is -0.358. The molecule has 6 nitrogen and oxygen atoms in total. The standard InChI is InChI=1S/C19H22N4O2/c1-14-20-21-19(25-14)18-9-17(24)13-23(18)12-16-7-8-22(11-16)10-15-5-3-2-4-6-15/h2-8,11,17-18,24H,9-10,12-13H2,1H3/t17-,18-/m1/s1. The summed E-state index contributed by atoms with van der Waals surface area (Å²) in [5.41, 5.74) is 2.49. The SMILES string of the molecule is Cc1nnc([C@H]2C[C@@H](O)CN2Cc2ccn(Cc3ccccc3)c2)o1. The molecule has 2 atom stereocenters. The van der Waals surface area contributed by atoms with Crippen LogP contribution in [0.3, 0.4) is 0 Å². The van der Waals surface area contributed by atoms with E-state index in [0.29, 0.717) is 24.7 Å². The maximum atomic E-state index is 10.1. The van der Waals surface area contributed by atoms with Crippen LogP contribution in [0.4, 0.5) is 0 Å². The Morgan fingerprint density at radius 2 is 1.96 bits per heavy atom. The molecule has 6 heteroatoms. The number of β-amino-alcohol motifs (C(OH)–C–C–N with tert-alkyl or cyclic N) is 1. The van der Waals surface area contributed by atoms with Crippen molar-refractivity contribution in [1.82, 2.24) is 19.7 Å². The fraction of sp³-hybridized carbons (Fsp3) is 0.368. The molecule has 0 spiro atoms. The molecule has 0 bridgehead atoms. The van der Waals surface area contributed by atoms with Gasteiger partial charge in [-0.25, -0.2) is 0 Å². The fourth-order valence-electron chi connectivity index (χ4n) is 3.47. The minimum absolute atomic E-state index is 0.0197. The number of aliphatic hydroxyl groups is 1. The highest BCUT2D eigenvalue weighted by molar-refractivity contribution is 5.18. The number of aromatic nitrogens is 3. The third-order valence-electron chi connectivity index (χ3n) is 4.61. The predicted molar refractivity (Wildman–Crippen MR) is 92.8 cm³/mol. The normalized spacial score (nSPS) is 21.0. The molecule has 25 heavy (non-hydrogen) atoms. The summed E-state index contributed by atoms with van der Waals surface area (Å²) < 4.78 is 7.77. The van der Waals surface area contributed by atoms with Crippen LogP contribution in [-0.2, 0) is 13.1 Å². The van der Waals surface area contributed by atoms with E-state index < -0.39 is 0 Å². The van der Waals surface area contributed by atoms with E-state index in [1.54, 1.807) is 6.92 Å². The van der Waals surface area contributed by atoms with Gasteiger partial charge in [0.25, 0.3) is 0 Å². The molecule has 3 heterocycles. The molecular weight excluding hydrogens is 316 g/mol. The van der Waals surface area contributed by atoms with Crippen molar-refractivity contribution in [3.63, 3.8) is 0 Å². The van der Waals surface area contributed by atoms with Gasteiger partial charge in [-0.05, 0) is 23.6 Å².